The van der Waals surface area contributed by atoms with Gasteiger partial charge >= 0.3 is 6.03 Å². The first-order valence-corrected chi connectivity index (χ1v) is 9.15. The van der Waals surface area contributed by atoms with Gasteiger partial charge in [0.2, 0.25) is 0 Å². The number of ether oxygens (including phenoxy) is 1. The van der Waals surface area contributed by atoms with Crippen LogP contribution in [0.15, 0.2) is 17.5 Å². The van der Waals surface area contributed by atoms with E-state index in [4.69, 9.17) is 4.74 Å². The van der Waals surface area contributed by atoms with Crippen LogP contribution in [0.4, 0.5) is 10.6 Å². The number of urea groups is 1. The minimum absolute atomic E-state index is 0.0966. The Morgan fingerprint density at radius 1 is 1.46 bits per heavy atom. The van der Waals surface area contributed by atoms with Crippen molar-refractivity contribution in [1.82, 2.24) is 15.1 Å². The van der Waals surface area contributed by atoms with Crippen LogP contribution in [-0.4, -0.2) is 28.5 Å². The van der Waals surface area contributed by atoms with Gasteiger partial charge in [-0.05, 0) is 44.7 Å². The van der Waals surface area contributed by atoms with Gasteiger partial charge in [-0.1, -0.05) is 0 Å². The average molecular weight is 348 g/mol. The molecule has 3 rings (SSSR count). The molecule has 0 aliphatic carbocycles. The summed E-state index contributed by atoms with van der Waals surface area (Å²) in [6.07, 6.45) is 0.856. The zero-order chi connectivity index (χ0) is 17.3. The van der Waals surface area contributed by atoms with Gasteiger partial charge in [-0.2, -0.15) is 5.10 Å². The molecule has 130 valence electrons. The quantitative estimate of drug-likeness (QED) is 0.886. The summed E-state index contributed by atoms with van der Waals surface area (Å²) in [5.41, 5.74) is 2.21. The summed E-state index contributed by atoms with van der Waals surface area (Å²) in [5.74, 6) is 0.562. The first kappa shape index (κ1) is 17.0. The number of amides is 2. The van der Waals surface area contributed by atoms with Crippen LogP contribution in [0, 0.1) is 6.92 Å². The van der Waals surface area contributed by atoms with Gasteiger partial charge in [-0.15, -0.1) is 11.3 Å². The molecule has 1 aliphatic rings. The fourth-order valence-corrected chi connectivity index (χ4v) is 4.00. The first-order valence-electron chi connectivity index (χ1n) is 8.27. The highest BCUT2D eigenvalue weighted by molar-refractivity contribution is 7.10. The van der Waals surface area contributed by atoms with Gasteiger partial charge in [-0.25, -0.2) is 4.79 Å². The Bertz CT molecular complexity index is 722. The van der Waals surface area contributed by atoms with E-state index < -0.39 is 0 Å². The van der Waals surface area contributed by atoms with Gasteiger partial charge in [0.15, 0.2) is 5.82 Å². The molecular weight excluding hydrogens is 324 g/mol. The summed E-state index contributed by atoms with van der Waals surface area (Å²) in [6.45, 7) is 8.76. The first-order chi connectivity index (χ1) is 11.5. The Balaban J connectivity index is 1.62. The smallest absolute Gasteiger partial charge is 0.320 e. The lowest BCUT2D eigenvalue weighted by Crippen LogP contribution is -2.41. The fraction of sp³-hybridized carbons (Fsp3) is 0.529. The van der Waals surface area contributed by atoms with Gasteiger partial charge < -0.3 is 10.1 Å². The van der Waals surface area contributed by atoms with Crippen molar-refractivity contribution in [2.75, 3.05) is 11.9 Å². The number of aryl methyl sites for hydroxylation is 1. The van der Waals surface area contributed by atoms with Crippen molar-refractivity contribution in [3.05, 3.63) is 33.6 Å². The lowest BCUT2D eigenvalue weighted by molar-refractivity contribution is 0.0238. The van der Waals surface area contributed by atoms with Gasteiger partial charge in [0, 0.05) is 29.1 Å². The number of nitrogens with one attached hydrogen (secondary N) is 2. The monoisotopic (exact) mass is 348 g/mol. The molecule has 0 saturated heterocycles. The van der Waals surface area contributed by atoms with E-state index in [-0.39, 0.29) is 24.2 Å². The number of fused-ring (bicyclic) bond motifs is 1. The second kappa shape index (κ2) is 6.94. The van der Waals surface area contributed by atoms with Gasteiger partial charge in [0.05, 0.1) is 12.6 Å². The molecule has 2 aromatic heterocycles. The second-order valence-corrected chi connectivity index (χ2v) is 7.44. The zero-order valence-electron chi connectivity index (χ0n) is 14.5. The van der Waals surface area contributed by atoms with E-state index in [1.165, 1.54) is 10.4 Å². The largest absolute Gasteiger partial charge is 0.371 e. The van der Waals surface area contributed by atoms with E-state index in [0.717, 1.165) is 12.1 Å². The Morgan fingerprint density at radius 3 is 2.96 bits per heavy atom. The van der Waals surface area contributed by atoms with Crippen molar-refractivity contribution in [3.8, 4) is 0 Å². The highest BCUT2D eigenvalue weighted by Gasteiger charge is 2.28. The van der Waals surface area contributed by atoms with E-state index in [1.807, 2.05) is 24.6 Å². The number of nitrogens with zero attached hydrogens (tertiary/aromatic N) is 2. The maximum atomic E-state index is 12.3. The van der Waals surface area contributed by atoms with Crippen molar-refractivity contribution in [3.63, 3.8) is 0 Å². The third-order valence-electron chi connectivity index (χ3n) is 4.18. The molecule has 2 amide bonds. The van der Waals surface area contributed by atoms with Crippen LogP contribution in [0.1, 0.15) is 49.1 Å². The van der Waals surface area contributed by atoms with Crippen molar-refractivity contribution in [2.45, 2.75) is 52.3 Å². The standard InChI is InChI=1S/C17H24N4O2S/c1-10(2)21-11(3)9-15(20-21)19-17(22)18-12(4)16-13-6-8-24-14(13)5-7-23-16/h6,8-10,12,16H,5,7H2,1-4H3,(H2,18,19,20,22). The molecule has 2 atom stereocenters. The van der Waals surface area contributed by atoms with Crippen LogP contribution < -0.4 is 10.6 Å². The molecule has 2 aromatic rings. The molecule has 1 aliphatic heterocycles. The summed E-state index contributed by atoms with van der Waals surface area (Å²) in [6, 6.07) is 3.84. The Labute approximate surface area is 146 Å². The molecule has 0 fully saturated rings. The maximum absolute atomic E-state index is 12.3. The lowest BCUT2D eigenvalue weighted by atomic mass is 10.0. The Morgan fingerprint density at radius 2 is 2.25 bits per heavy atom. The molecule has 0 bridgehead atoms. The SMILES string of the molecule is Cc1cc(NC(=O)NC(C)C2OCCc3sccc32)nn1C(C)C. The second-order valence-electron chi connectivity index (χ2n) is 6.44. The van der Waals surface area contributed by atoms with Crippen molar-refractivity contribution in [2.24, 2.45) is 0 Å². The Kier molecular flexibility index (Phi) is 4.91. The van der Waals surface area contributed by atoms with E-state index in [1.54, 1.807) is 11.3 Å². The van der Waals surface area contributed by atoms with Crippen molar-refractivity contribution in [1.29, 1.82) is 0 Å². The molecule has 3 heterocycles. The summed E-state index contributed by atoms with van der Waals surface area (Å²) in [7, 11) is 0. The number of carbonyl (C=O) groups excluding carboxylic acids is 1. The van der Waals surface area contributed by atoms with Crippen LogP contribution in [0.2, 0.25) is 0 Å². The normalized spacial score (nSPS) is 18.3. The number of hydrogen-bond donors (Lipinski definition) is 2. The molecule has 24 heavy (non-hydrogen) atoms. The molecule has 0 aromatic carbocycles. The highest BCUT2D eigenvalue weighted by atomic mass is 32.1. The van der Waals surface area contributed by atoms with E-state index in [0.29, 0.717) is 12.4 Å². The molecular formula is C17H24N4O2S. The number of thiophene rings is 1. The highest BCUT2D eigenvalue weighted by Crippen LogP contribution is 2.33. The molecule has 2 N–H and O–H groups in total. The van der Waals surface area contributed by atoms with E-state index in [9.17, 15) is 4.79 Å². The predicted molar refractivity (Wildman–Crippen MR) is 95.7 cm³/mol. The predicted octanol–water partition coefficient (Wildman–Crippen LogP) is 3.66. The summed E-state index contributed by atoms with van der Waals surface area (Å²) in [5, 5.41) is 12.3. The van der Waals surface area contributed by atoms with Gasteiger partial charge in [-0.3, -0.25) is 10.00 Å². The fourth-order valence-electron chi connectivity index (χ4n) is 3.10. The minimum atomic E-state index is -0.262. The lowest BCUT2D eigenvalue weighted by Gasteiger charge is -2.29. The van der Waals surface area contributed by atoms with Crippen LogP contribution in [0.3, 0.4) is 0 Å². The molecule has 2 unspecified atom stereocenters. The van der Waals surface area contributed by atoms with Crippen molar-refractivity contribution >= 4 is 23.2 Å². The summed E-state index contributed by atoms with van der Waals surface area (Å²) < 4.78 is 7.76. The van der Waals surface area contributed by atoms with Crippen LogP contribution in [-0.2, 0) is 11.2 Å². The zero-order valence-corrected chi connectivity index (χ0v) is 15.3. The van der Waals surface area contributed by atoms with Crippen LogP contribution in [0.5, 0.6) is 0 Å². The number of aromatic nitrogens is 2. The summed E-state index contributed by atoms with van der Waals surface area (Å²) >= 11 is 1.75. The summed E-state index contributed by atoms with van der Waals surface area (Å²) in [4.78, 5) is 13.6. The molecule has 7 heteroatoms. The Hall–Kier alpha value is -1.86. The third kappa shape index (κ3) is 3.47. The number of carbonyl (C=O) groups is 1. The van der Waals surface area contributed by atoms with Crippen LogP contribution in [0.25, 0.3) is 0 Å². The van der Waals surface area contributed by atoms with Crippen LogP contribution >= 0.6 is 11.3 Å². The third-order valence-corrected chi connectivity index (χ3v) is 5.18. The van der Waals surface area contributed by atoms with E-state index in [2.05, 4.69) is 41.0 Å². The number of hydrogen-bond acceptors (Lipinski definition) is 4. The van der Waals surface area contributed by atoms with Gasteiger partial charge in [0.1, 0.15) is 6.10 Å². The molecule has 0 saturated carbocycles. The minimum Gasteiger partial charge on any atom is -0.371 e. The topological polar surface area (TPSA) is 68.2 Å². The average Bonchev–Trinajstić information content (AvgIpc) is 3.12. The molecule has 0 radical (unpaired) electrons. The number of rotatable bonds is 4. The van der Waals surface area contributed by atoms with E-state index >= 15 is 0 Å². The number of anilines is 1. The molecule has 0 spiro atoms. The van der Waals surface area contributed by atoms with Gasteiger partial charge in [0.25, 0.3) is 0 Å². The maximum Gasteiger partial charge on any atom is 0.320 e. The molecule has 6 nitrogen and oxygen atoms in total. The van der Waals surface area contributed by atoms with Crippen molar-refractivity contribution < 1.29 is 9.53 Å².